The Hall–Kier alpha value is -1.26. The van der Waals surface area contributed by atoms with Gasteiger partial charge in [0.2, 0.25) is 0 Å². The molecule has 0 radical (unpaired) electrons. The summed E-state index contributed by atoms with van der Waals surface area (Å²) in [5.74, 6) is 1.57. The molecule has 1 aliphatic rings. The second-order valence-electron chi connectivity index (χ2n) is 4.88. The smallest absolute Gasteiger partial charge is 0.161 e. The van der Waals surface area contributed by atoms with E-state index in [1.165, 1.54) is 0 Å². The number of hydrogen-bond donors (Lipinski definition) is 1. The van der Waals surface area contributed by atoms with Crippen LogP contribution >= 0.6 is 0 Å². The standard InChI is InChI=1S/C14H21NO3/c1-11(2)18-14-6-4-3-5-13(14)17-8-7-15-9-12(16)10-15/h3-6,11-12,16H,7-10H2,1-2H3. The molecule has 100 valence electrons. The highest BCUT2D eigenvalue weighted by atomic mass is 16.5. The number of hydrogen-bond acceptors (Lipinski definition) is 4. The van der Waals surface area contributed by atoms with E-state index in [0.29, 0.717) is 6.61 Å². The summed E-state index contributed by atoms with van der Waals surface area (Å²) in [5, 5.41) is 9.18. The molecular formula is C14H21NO3. The summed E-state index contributed by atoms with van der Waals surface area (Å²) in [6.07, 6.45) is -0.0122. The molecule has 1 N–H and O–H groups in total. The topological polar surface area (TPSA) is 41.9 Å². The van der Waals surface area contributed by atoms with Gasteiger partial charge in [-0.25, -0.2) is 0 Å². The Kier molecular flexibility index (Phi) is 4.44. The highest BCUT2D eigenvalue weighted by Gasteiger charge is 2.23. The van der Waals surface area contributed by atoms with Crippen LogP contribution in [0.3, 0.4) is 0 Å². The predicted octanol–water partition coefficient (Wildman–Crippen LogP) is 1.53. The molecule has 1 aliphatic heterocycles. The zero-order valence-electron chi connectivity index (χ0n) is 11.0. The zero-order valence-corrected chi connectivity index (χ0v) is 11.0. The first kappa shape index (κ1) is 13.2. The number of para-hydroxylation sites is 2. The third kappa shape index (κ3) is 3.62. The first-order valence-corrected chi connectivity index (χ1v) is 6.44. The van der Waals surface area contributed by atoms with Gasteiger partial charge in [0.05, 0.1) is 12.2 Å². The molecule has 0 atom stereocenters. The van der Waals surface area contributed by atoms with Crippen LogP contribution < -0.4 is 9.47 Å². The van der Waals surface area contributed by atoms with Crippen LogP contribution in [0.1, 0.15) is 13.8 Å². The molecule has 1 fully saturated rings. The Morgan fingerprint density at radius 2 is 1.94 bits per heavy atom. The Labute approximate surface area is 108 Å². The number of likely N-dealkylation sites (tertiary alicyclic amines) is 1. The molecule has 1 saturated heterocycles. The predicted molar refractivity (Wildman–Crippen MR) is 70.1 cm³/mol. The maximum atomic E-state index is 9.18. The number of rotatable bonds is 6. The number of aliphatic hydroxyl groups is 1. The van der Waals surface area contributed by atoms with Gasteiger partial charge < -0.3 is 14.6 Å². The van der Waals surface area contributed by atoms with Crippen molar-refractivity contribution in [3.8, 4) is 11.5 Å². The Bertz CT molecular complexity index is 375. The second kappa shape index (κ2) is 6.07. The minimum absolute atomic E-state index is 0.139. The van der Waals surface area contributed by atoms with Crippen molar-refractivity contribution in [2.45, 2.75) is 26.1 Å². The van der Waals surface area contributed by atoms with E-state index in [1.54, 1.807) is 0 Å². The monoisotopic (exact) mass is 251 g/mol. The summed E-state index contributed by atoms with van der Waals surface area (Å²) in [5.41, 5.74) is 0. The fourth-order valence-corrected chi connectivity index (χ4v) is 1.93. The molecule has 2 rings (SSSR count). The fraction of sp³-hybridized carbons (Fsp3) is 0.571. The van der Waals surface area contributed by atoms with Crippen molar-refractivity contribution >= 4 is 0 Å². The molecule has 0 bridgehead atoms. The van der Waals surface area contributed by atoms with Gasteiger partial charge in [0, 0.05) is 19.6 Å². The number of aliphatic hydroxyl groups excluding tert-OH is 1. The quantitative estimate of drug-likeness (QED) is 0.832. The van der Waals surface area contributed by atoms with Gasteiger partial charge in [0.1, 0.15) is 6.61 Å². The van der Waals surface area contributed by atoms with Crippen molar-refractivity contribution in [2.24, 2.45) is 0 Å². The molecule has 4 nitrogen and oxygen atoms in total. The van der Waals surface area contributed by atoms with Gasteiger partial charge in [-0.3, -0.25) is 4.90 Å². The maximum absolute atomic E-state index is 9.18. The molecule has 1 aromatic rings. The number of nitrogens with zero attached hydrogens (tertiary/aromatic N) is 1. The number of benzene rings is 1. The van der Waals surface area contributed by atoms with Crippen LogP contribution in [0.25, 0.3) is 0 Å². The van der Waals surface area contributed by atoms with Crippen LogP contribution in [0.5, 0.6) is 11.5 Å². The summed E-state index contributed by atoms with van der Waals surface area (Å²) >= 11 is 0. The van der Waals surface area contributed by atoms with Gasteiger partial charge in [0.25, 0.3) is 0 Å². The number of β-amino-alcohol motifs (C(OH)–C–C–N with tert-alkyl or cyclic N) is 1. The van der Waals surface area contributed by atoms with E-state index < -0.39 is 0 Å². The third-order valence-corrected chi connectivity index (χ3v) is 2.81. The lowest BCUT2D eigenvalue weighted by Crippen LogP contribution is -2.51. The SMILES string of the molecule is CC(C)Oc1ccccc1OCCN1CC(O)C1. The van der Waals surface area contributed by atoms with E-state index in [9.17, 15) is 5.11 Å². The lowest BCUT2D eigenvalue weighted by atomic mass is 10.2. The molecule has 0 aliphatic carbocycles. The van der Waals surface area contributed by atoms with Crippen molar-refractivity contribution in [1.82, 2.24) is 4.90 Å². The zero-order chi connectivity index (χ0) is 13.0. The number of ether oxygens (including phenoxy) is 2. The van der Waals surface area contributed by atoms with Crippen molar-refractivity contribution in [3.63, 3.8) is 0 Å². The van der Waals surface area contributed by atoms with Crippen LogP contribution in [-0.4, -0.2) is 48.5 Å². The van der Waals surface area contributed by atoms with Gasteiger partial charge in [-0.15, -0.1) is 0 Å². The van der Waals surface area contributed by atoms with E-state index in [0.717, 1.165) is 31.1 Å². The highest BCUT2D eigenvalue weighted by molar-refractivity contribution is 5.39. The van der Waals surface area contributed by atoms with Crippen molar-refractivity contribution in [3.05, 3.63) is 24.3 Å². The van der Waals surface area contributed by atoms with Gasteiger partial charge >= 0.3 is 0 Å². The van der Waals surface area contributed by atoms with Crippen molar-refractivity contribution in [2.75, 3.05) is 26.2 Å². The van der Waals surface area contributed by atoms with Gasteiger partial charge in [-0.2, -0.15) is 0 Å². The van der Waals surface area contributed by atoms with Crippen LogP contribution in [-0.2, 0) is 0 Å². The normalized spacial score (nSPS) is 16.7. The molecule has 0 saturated carbocycles. The van der Waals surface area contributed by atoms with Crippen LogP contribution in [0.2, 0.25) is 0 Å². The summed E-state index contributed by atoms with van der Waals surface area (Å²) in [7, 11) is 0. The van der Waals surface area contributed by atoms with Gasteiger partial charge in [-0.1, -0.05) is 12.1 Å². The molecule has 0 unspecified atom stereocenters. The third-order valence-electron chi connectivity index (χ3n) is 2.81. The van der Waals surface area contributed by atoms with Crippen LogP contribution in [0.4, 0.5) is 0 Å². The van der Waals surface area contributed by atoms with E-state index in [4.69, 9.17) is 9.47 Å². The summed E-state index contributed by atoms with van der Waals surface area (Å²) in [4.78, 5) is 2.16. The maximum Gasteiger partial charge on any atom is 0.161 e. The fourth-order valence-electron chi connectivity index (χ4n) is 1.93. The van der Waals surface area contributed by atoms with Crippen molar-refractivity contribution in [1.29, 1.82) is 0 Å². The molecule has 1 heterocycles. The summed E-state index contributed by atoms with van der Waals surface area (Å²) < 4.78 is 11.4. The second-order valence-corrected chi connectivity index (χ2v) is 4.88. The summed E-state index contributed by atoms with van der Waals surface area (Å²) in [6.45, 7) is 6.97. The molecule has 0 aromatic heterocycles. The molecule has 4 heteroatoms. The van der Waals surface area contributed by atoms with E-state index >= 15 is 0 Å². The largest absolute Gasteiger partial charge is 0.488 e. The van der Waals surface area contributed by atoms with Crippen LogP contribution in [0, 0.1) is 0 Å². The summed E-state index contributed by atoms with van der Waals surface area (Å²) in [6, 6.07) is 7.72. The van der Waals surface area contributed by atoms with E-state index in [-0.39, 0.29) is 12.2 Å². The first-order chi connectivity index (χ1) is 8.65. The van der Waals surface area contributed by atoms with Gasteiger partial charge in [0.15, 0.2) is 11.5 Å². The Morgan fingerprint density at radius 1 is 1.28 bits per heavy atom. The van der Waals surface area contributed by atoms with E-state index in [2.05, 4.69) is 4.90 Å². The van der Waals surface area contributed by atoms with Crippen molar-refractivity contribution < 1.29 is 14.6 Å². The average molecular weight is 251 g/mol. The van der Waals surface area contributed by atoms with Gasteiger partial charge in [-0.05, 0) is 26.0 Å². The van der Waals surface area contributed by atoms with E-state index in [1.807, 2.05) is 38.1 Å². The lowest BCUT2D eigenvalue weighted by molar-refractivity contribution is -0.00409. The first-order valence-electron chi connectivity index (χ1n) is 6.44. The van der Waals surface area contributed by atoms with Crippen LogP contribution in [0.15, 0.2) is 24.3 Å². The average Bonchev–Trinajstić information content (AvgIpc) is 2.28. The molecule has 0 spiro atoms. The molecular weight excluding hydrogens is 230 g/mol. The molecule has 1 aromatic carbocycles. The Morgan fingerprint density at radius 3 is 2.56 bits per heavy atom. The Balaban J connectivity index is 1.80. The molecule has 0 amide bonds. The minimum atomic E-state index is -0.151. The molecule has 18 heavy (non-hydrogen) atoms. The minimum Gasteiger partial charge on any atom is -0.488 e. The highest BCUT2D eigenvalue weighted by Crippen LogP contribution is 2.27. The lowest BCUT2D eigenvalue weighted by Gasteiger charge is -2.35.